The zero-order valence-corrected chi connectivity index (χ0v) is 11.8. The minimum atomic E-state index is -1.28. The standard InChI is InChI=1S/C14H18O2Si/c1-15-12-7-5-11(6-8-12)14-9-13(10-16-14)17(2,3)4/h5-10H,1-4H3. The molecule has 90 valence electrons. The monoisotopic (exact) mass is 246 g/mol. The van der Waals surface area contributed by atoms with Crippen LogP contribution in [0.3, 0.4) is 0 Å². The molecule has 0 saturated heterocycles. The van der Waals surface area contributed by atoms with Gasteiger partial charge in [0.15, 0.2) is 0 Å². The number of ether oxygens (including phenoxy) is 1. The molecule has 17 heavy (non-hydrogen) atoms. The summed E-state index contributed by atoms with van der Waals surface area (Å²) in [5.74, 6) is 1.80. The lowest BCUT2D eigenvalue weighted by atomic mass is 10.2. The van der Waals surface area contributed by atoms with E-state index in [1.165, 1.54) is 5.19 Å². The molecule has 0 aliphatic carbocycles. The van der Waals surface area contributed by atoms with Crippen LogP contribution in [0, 0.1) is 0 Å². The van der Waals surface area contributed by atoms with Gasteiger partial charge in [0.05, 0.1) is 21.4 Å². The van der Waals surface area contributed by atoms with Gasteiger partial charge in [0.2, 0.25) is 0 Å². The van der Waals surface area contributed by atoms with Crippen LogP contribution in [0.25, 0.3) is 11.3 Å². The van der Waals surface area contributed by atoms with Crippen molar-refractivity contribution in [1.29, 1.82) is 0 Å². The van der Waals surface area contributed by atoms with E-state index in [0.29, 0.717) is 0 Å². The van der Waals surface area contributed by atoms with E-state index in [1.807, 2.05) is 30.5 Å². The van der Waals surface area contributed by atoms with Gasteiger partial charge in [-0.1, -0.05) is 19.6 Å². The molecular weight excluding hydrogens is 228 g/mol. The Labute approximate surface area is 103 Å². The van der Waals surface area contributed by atoms with Crippen molar-refractivity contribution >= 4 is 13.3 Å². The van der Waals surface area contributed by atoms with Gasteiger partial charge in [-0.3, -0.25) is 0 Å². The maximum atomic E-state index is 5.64. The molecule has 1 aromatic carbocycles. The van der Waals surface area contributed by atoms with E-state index >= 15 is 0 Å². The highest BCUT2D eigenvalue weighted by Crippen LogP contribution is 2.22. The first-order valence-electron chi connectivity index (χ1n) is 5.74. The molecule has 0 fully saturated rings. The fourth-order valence-corrected chi connectivity index (χ4v) is 2.61. The Morgan fingerprint density at radius 3 is 2.18 bits per heavy atom. The molecule has 0 aliphatic heterocycles. The SMILES string of the molecule is COc1ccc(-c2cc([Si](C)(C)C)co2)cc1. The molecule has 0 unspecified atom stereocenters. The molecule has 0 bridgehead atoms. The van der Waals surface area contributed by atoms with Crippen LogP contribution in [0.5, 0.6) is 5.75 Å². The van der Waals surface area contributed by atoms with Crippen molar-refractivity contribution in [2.45, 2.75) is 19.6 Å². The molecular formula is C14H18O2Si. The molecule has 2 rings (SSSR count). The number of benzene rings is 1. The Hall–Kier alpha value is -1.48. The number of furan rings is 1. The highest BCUT2D eigenvalue weighted by Gasteiger charge is 2.19. The van der Waals surface area contributed by atoms with E-state index in [2.05, 4.69) is 25.7 Å². The van der Waals surface area contributed by atoms with Crippen molar-refractivity contribution in [2.75, 3.05) is 7.11 Å². The van der Waals surface area contributed by atoms with Crippen LogP contribution in [0.4, 0.5) is 0 Å². The zero-order valence-electron chi connectivity index (χ0n) is 10.8. The second-order valence-corrected chi connectivity index (χ2v) is 10.3. The van der Waals surface area contributed by atoms with Gasteiger partial charge in [-0.25, -0.2) is 0 Å². The quantitative estimate of drug-likeness (QED) is 0.773. The molecule has 3 heteroatoms. The van der Waals surface area contributed by atoms with E-state index in [4.69, 9.17) is 9.15 Å². The largest absolute Gasteiger partial charge is 0.497 e. The minimum Gasteiger partial charge on any atom is -0.497 e. The van der Waals surface area contributed by atoms with E-state index in [9.17, 15) is 0 Å². The summed E-state index contributed by atoms with van der Waals surface area (Å²) in [4.78, 5) is 0. The highest BCUT2D eigenvalue weighted by atomic mass is 28.3. The summed E-state index contributed by atoms with van der Waals surface area (Å²) in [6, 6.07) is 10.1. The van der Waals surface area contributed by atoms with Crippen molar-refractivity contribution in [3.63, 3.8) is 0 Å². The third-order valence-corrected chi connectivity index (χ3v) is 4.83. The minimum absolute atomic E-state index is 0.866. The van der Waals surface area contributed by atoms with Crippen LogP contribution >= 0.6 is 0 Å². The van der Waals surface area contributed by atoms with Crippen LogP contribution in [-0.2, 0) is 0 Å². The highest BCUT2D eigenvalue weighted by molar-refractivity contribution is 6.88. The topological polar surface area (TPSA) is 22.4 Å². The fraction of sp³-hybridized carbons (Fsp3) is 0.286. The molecule has 1 heterocycles. The Morgan fingerprint density at radius 2 is 1.71 bits per heavy atom. The van der Waals surface area contributed by atoms with Crippen LogP contribution in [0.15, 0.2) is 41.0 Å². The summed E-state index contributed by atoms with van der Waals surface area (Å²) >= 11 is 0. The first kappa shape index (κ1) is 12.0. The summed E-state index contributed by atoms with van der Waals surface area (Å²) in [7, 11) is 0.390. The van der Waals surface area contributed by atoms with Crippen LogP contribution in [0.1, 0.15) is 0 Å². The Kier molecular flexibility index (Phi) is 3.11. The maximum Gasteiger partial charge on any atom is 0.133 e. The van der Waals surface area contributed by atoms with Crippen molar-refractivity contribution in [1.82, 2.24) is 0 Å². The van der Waals surface area contributed by atoms with Gasteiger partial charge in [0.25, 0.3) is 0 Å². The first-order valence-corrected chi connectivity index (χ1v) is 9.24. The van der Waals surface area contributed by atoms with E-state index < -0.39 is 8.07 Å². The van der Waals surface area contributed by atoms with Gasteiger partial charge in [-0.05, 0) is 35.5 Å². The fourth-order valence-electron chi connectivity index (χ4n) is 1.64. The lowest BCUT2D eigenvalue weighted by molar-refractivity contribution is 0.415. The van der Waals surface area contributed by atoms with Gasteiger partial charge >= 0.3 is 0 Å². The number of rotatable bonds is 3. The van der Waals surface area contributed by atoms with Crippen molar-refractivity contribution < 1.29 is 9.15 Å². The second kappa shape index (κ2) is 4.41. The third kappa shape index (κ3) is 2.61. The third-order valence-electron chi connectivity index (χ3n) is 2.84. The molecule has 0 atom stereocenters. The summed E-state index contributed by atoms with van der Waals surface area (Å²) in [6.07, 6.45) is 1.89. The molecule has 2 aromatic rings. The number of methoxy groups -OCH3 is 1. The van der Waals surface area contributed by atoms with Crippen LogP contribution in [0.2, 0.25) is 19.6 Å². The number of hydrogen-bond acceptors (Lipinski definition) is 2. The van der Waals surface area contributed by atoms with Gasteiger partial charge in [0.1, 0.15) is 11.5 Å². The van der Waals surface area contributed by atoms with Gasteiger partial charge in [-0.2, -0.15) is 0 Å². The molecule has 1 aromatic heterocycles. The molecule has 2 nitrogen and oxygen atoms in total. The predicted molar refractivity (Wildman–Crippen MR) is 73.7 cm³/mol. The van der Waals surface area contributed by atoms with Gasteiger partial charge in [-0.15, -0.1) is 0 Å². The van der Waals surface area contributed by atoms with E-state index in [1.54, 1.807) is 7.11 Å². The molecule has 0 amide bonds. The molecule has 0 aliphatic rings. The normalized spacial score (nSPS) is 11.5. The molecule has 0 N–H and O–H groups in total. The maximum absolute atomic E-state index is 5.64. The summed E-state index contributed by atoms with van der Waals surface area (Å²) in [5.41, 5.74) is 1.09. The first-order chi connectivity index (χ1) is 8.00. The average Bonchev–Trinajstić information content (AvgIpc) is 2.78. The van der Waals surface area contributed by atoms with E-state index in [-0.39, 0.29) is 0 Å². The van der Waals surface area contributed by atoms with Gasteiger partial charge in [0, 0.05) is 5.56 Å². The number of hydrogen-bond donors (Lipinski definition) is 0. The Balaban J connectivity index is 2.30. The molecule has 0 radical (unpaired) electrons. The molecule has 0 spiro atoms. The lowest BCUT2D eigenvalue weighted by Crippen LogP contribution is -2.36. The van der Waals surface area contributed by atoms with E-state index in [0.717, 1.165) is 17.1 Å². The smallest absolute Gasteiger partial charge is 0.133 e. The second-order valence-electron chi connectivity index (χ2n) is 5.18. The summed E-state index contributed by atoms with van der Waals surface area (Å²) in [6.45, 7) is 6.95. The Morgan fingerprint density at radius 1 is 1.06 bits per heavy atom. The summed E-state index contributed by atoms with van der Waals surface area (Å²) in [5, 5.41) is 1.35. The van der Waals surface area contributed by atoms with Crippen molar-refractivity contribution in [2.24, 2.45) is 0 Å². The summed E-state index contributed by atoms with van der Waals surface area (Å²) < 4.78 is 10.8. The van der Waals surface area contributed by atoms with Crippen molar-refractivity contribution in [3.8, 4) is 17.1 Å². The lowest BCUT2D eigenvalue weighted by Gasteiger charge is -2.11. The van der Waals surface area contributed by atoms with Gasteiger partial charge < -0.3 is 9.15 Å². The Bertz CT molecular complexity index is 492. The van der Waals surface area contributed by atoms with Crippen molar-refractivity contribution in [3.05, 3.63) is 36.6 Å². The average molecular weight is 246 g/mol. The molecule has 0 saturated carbocycles. The zero-order chi connectivity index (χ0) is 12.5. The van der Waals surface area contributed by atoms with Crippen LogP contribution in [-0.4, -0.2) is 15.2 Å². The predicted octanol–water partition coefficient (Wildman–Crippen LogP) is 3.50. The van der Waals surface area contributed by atoms with Crippen LogP contribution < -0.4 is 9.92 Å².